The molecule has 116 valence electrons. The minimum atomic E-state index is -0.157. The zero-order valence-corrected chi connectivity index (χ0v) is 13.6. The van der Waals surface area contributed by atoms with Crippen molar-refractivity contribution in [3.8, 4) is 0 Å². The second kappa shape index (κ2) is 6.52. The first-order valence-corrected chi connectivity index (χ1v) is 8.56. The van der Waals surface area contributed by atoms with Gasteiger partial charge in [-0.05, 0) is 24.3 Å². The van der Waals surface area contributed by atoms with E-state index in [2.05, 4.69) is 28.5 Å². The lowest BCUT2D eigenvalue weighted by Crippen LogP contribution is -2.28. The number of hydrogen-bond donors (Lipinski definition) is 0. The molecule has 0 saturated carbocycles. The number of aryl methyl sites for hydroxylation is 1. The number of thioether (sulfide) groups is 1. The normalized spacial score (nSPS) is 17.1. The van der Waals surface area contributed by atoms with Gasteiger partial charge in [0.2, 0.25) is 0 Å². The Kier molecular flexibility index (Phi) is 4.47. The molecular formula is C16H19N3O2S. The monoisotopic (exact) mass is 317 g/mol. The van der Waals surface area contributed by atoms with Gasteiger partial charge in [0, 0.05) is 17.7 Å². The quantitative estimate of drug-likeness (QED) is 0.640. The number of fused-ring (bicyclic) bond motifs is 1. The molecule has 0 N–H and O–H groups in total. The number of methoxy groups -OCH3 is 1. The molecule has 0 amide bonds. The molecule has 2 heterocycles. The van der Waals surface area contributed by atoms with Crippen molar-refractivity contribution in [2.24, 2.45) is 5.92 Å². The smallest absolute Gasteiger partial charge is 0.310 e. The van der Waals surface area contributed by atoms with E-state index in [9.17, 15) is 4.79 Å². The highest BCUT2D eigenvalue weighted by Crippen LogP contribution is 2.23. The van der Waals surface area contributed by atoms with Crippen LogP contribution in [-0.4, -0.2) is 34.1 Å². The van der Waals surface area contributed by atoms with E-state index >= 15 is 0 Å². The number of rotatable bonds is 4. The summed E-state index contributed by atoms with van der Waals surface area (Å²) >= 11 is 1.73. The summed E-state index contributed by atoms with van der Waals surface area (Å²) in [5.74, 6) is 1.53. The molecule has 1 aliphatic rings. The van der Waals surface area contributed by atoms with Crippen molar-refractivity contribution >= 4 is 17.7 Å². The number of hydrogen-bond acceptors (Lipinski definition) is 5. The summed E-state index contributed by atoms with van der Waals surface area (Å²) in [6, 6.07) is 8.31. The van der Waals surface area contributed by atoms with Crippen molar-refractivity contribution in [1.82, 2.24) is 14.8 Å². The molecule has 2 aromatic rings. The number of carbonyl (C=O) groups excluding carboxylic acids is 1. The van der Waals surface area contributed by atoms with E-state index in [1.54, 1.807) is 11.8 Å². The zero-order chi connectivity index (χ0) is 15.5. The SMILES string of the molecule is COC(=O)C1CCc2nc(Cc3ccccc3SC)nn2C1. The molecule has 0 bridgehead atoms. The molecule has 0 saturated heterocycles. The number of aromatic nitrogens is 3. The first-order valence-electron chi connectivity index (χ1n) is 7.33. The maximum Gasteiger partial charge on any atom is 0.310 e. The maximum absolute atomic E-state index is 11.7. The third-order valence-electron chi connectivity index (χ3n) is 3.98. The second-order valence-electron chi connectivity index (χ2n) is 5.37. The highest BCUT2D eigenvalue weighted by Gasteiger charge is 2.27. The lowest BCUT2D eigenvalue weighted by atomic mass is 10.0. The molecule has 1 aromatic heterocycles. The standard InChI is InChI=1S/C16H19N3O2S/c1-21-16(20)12-7-8-15-17-14(18-19(15)10-12)9-11-5-3-4-6-13(11)22-2/h3-6,12H,7-10H2,1-2H3. The van der Waals surface area contributed by atoms with Gasteiger partial charge in [-0.1, -0.05) is 18.2 Å². The Morgan fingerprint density at radius 3 is 3.05 bits per heavy atom. The molecule has 0 aliphatic carbocycles. The lowest BCUT2D eigenvalue weighted by molar-refractivity contribution is -0.146. The van der Waals surface area contributed by atoms with Gasteiger partial charge in [-0.25, -0.2) is 9.67 Å². The molecule has 1 atom stereocenters. The summed E-state index contributed by atoms with van der Waals surface area (Å²) in [4.78, 5) is 17.6. The molecule has 5 nitrogen and oxygen atoms in total. The molecule has 1 aromatic carbocycles. The van der Waals surface area contributed by atoms with Crippen molar-refractivity contribution in [3.63, 3.8) is 0 Å². The van der Waals surface area contributed by atoms with Crippen LogP contribution >= 0.6 is 11.8 Å². The van der Waals surface area contributed by atoms with Gasteiger partial charge in [-0.2, -0.15) is 5.10 Å². The first-order chi connectivity index (χ1) is 10.7. The van der Waals surface area contributed by atoms with Crippen LogP contribution in [0.5, 0.6) is 0 Å². The van der Waals surface area contributed by atoms with Crippen LogP contribution in [0.25, 0.3) is 0 Å². The van der Waals surface area contributed by atoms with Crippen LogP contribution in [0.4, 0.5) is 0 Å². The number of ether oxygens (including phenoxy) is 1. The number of carbonyl (C=O) groups is 1. The minimum Gasteiger partial charge on any atom is -0.469 e. The average Bonchev–Trinajstić information content (AvgIpc) is 2.95. The van der Waals surface area contributed by atoms with Crippen LogP contribution in [0, 0.1) is 5.92 Å². The first kappa shape index (κ1) is 15.1. The largest absolute Gasteiger partial charge is 0.469 e. The van der Waals surface area contributed by atoms with Gasteiger partial charge in [0.25, 0.3) is 0 Å². The molecule has 3 rings (SSSR count). The lowest BCUT2D eigenvalue weighted by Gasteiger charge is -2.19. The van der Waals surface area contributed by atoms with E-state index in [1.165, 1.54) is 17.6 Å². The van der Waals surface area contributed by atoms with Crippen LogP contribution in [0.2, 0.25) is 0 Å². The van der Waals surface area contributed by atoms with E-state index in [0.717, 1.165) is 30.9 Å². The van der Waals surface area contributed by atoms with Gasteiger partial charge < -0.3 is 4.74 Å². The number of benzene rings is 1. The topological polar surface area (TPSA) is 57.0 Å². The molecule has 6 heteroatoms. The highest BCUT2D eigenvalue weighted by molar-refractivity contribution is 7.98. The predicted octanol–water partition coefficient (Wildman–Crippen LogP) is 2.33. The fourth-order valence-electron chi connectivity index (χ4n) is 2.81. The average molecular weight is 317 g/mol. The fourth-order valence-corrected chi connectivity index (χ4v) is 3.43. The third-order valence-corrected chi connectivity index (χ3v) is 4.82. The van der Waals surface area contributed by atoms with Gasteiger partial charge >= 0.3 is 5.97 Å². The Labute approximate surface area is 134 Å². The Hall–Kier alpha value is -1.82. The van der Waals surface area contributed by atoms with Crippen LogP contribution in [0.3, 0.4) is 0 Å². The zero-order valence-electron chi connectivity index (χ0n) is 12.8. The summed E-state index contributed by atoms with van der Waals surface area (Å²) in [6.07, 6.45) is 4.36. The van der Waals surface area contributed by atoms with E-state index in [0.29, 0.717) is 6.54 Å². The van der Waals surface area contributed by atoms with E-state index in [4.69, 9.17) is 4.74 Å². The van der Waals surface area contributed by atoms with Gasteiger partial charge in [-0.15, -0.1) is 11.8 Å². The molecule has 22 heavy (non-hydrogen) atoms. The Morgan fingerprint density at radius 2 is 2.27 bits per heavy atom. The summed E-state index contributed by atoms with van der Waals surface area (Å²) in [7, 11) is 1.43. The highest BCUT2D eigenvalue weighted by atomic mass is 32.2. The minimum absolute atomic E-state index is 0.106. The van der Waals surface area contributed by atoms with E-state index in [1.807, 2.05) is 16.8 Å². The Balaban J connectivity index is 1.78. The van der Waals surface area contributed by atoms with Gasteiger partial charge in [-0.3, -0.25) is 4.79 Å². The number of nitrogens with zero attached hydrogens (tertiary/aromatic N) is 3. The molecule has 1 unspecified atom stereocenters. The second-order valence-corrected chi connectivity index (χ2v) is 6.22. The Morgan fingerprint density at radius 1 is 1.45 bits per heavy atom. The van der Waals surface area contributed by atoms with Crippen LogP contribution in [0.1, 0.15) is 23.6 Å². The van der Waals surface area contributed by atoms with Gasteiger partial charge in [0.15, 0.2) is 5.82 Å². The Bertz CT molecular complexity index is 684. The molecule has 0 radical (unpaired) electrons. The van der Waals surface area contributed by atoms with Crippen molar-refractivity contribution in [3.05, 3.63) is 41.5 Å². The van der Waals surface area contributed by atoms with Gasteiger partial charge in [0.05, 0.1) is 19.6 Å². The van der Waals surface area contributed by atoms with Crippen molar-refractivity contribution < 1.29 is 9.53 Å². The fraction of sp³-hybridized carbons (Fsp3) is 0.438. The van der Waals surface area contributed by atoms with Crippen LogP contribution < -0.4 is 0 Å². The van der Waals surface area contributed by atoms with Gasteiger partial charge in [0.1, 0.15) is 5.82 Å². The third kappa shape index (κ3) is 3.02. The summed E-state index contributed by atoms with van der Waals surface area (Å²) in [5, 5.41) is 4.58. The van der Waals surface area contributed by atoms with Crippen molar-refractivity contribution in [1.29, 1.82) is 0 Å². The van der Waals surface area contributed by atoms with Crippen molar-refractivity contribution in [2.75, 3.05) is 13.4 Å². The molecular weight excluding hydrogens is 298 g/mol. The summed E-state index contributed by atoms with van der Waals surface area (Å²) in [5.41, 5.74) is 1.24. The van der Waals surface area contributed by atoms with E-state index in [-0.39, 0.29) is 11.9 Å². The summed E-state index contributed by atoms with van der Waals surface area (Å²) < 4.78 is 6.70. The van der Waals surface area contributed by atoms with E-state index < -0.39 is 0 Å². The molecule has 0 fully saturated rings. The van der Waals surface area contributed by atoms with Crippen molar-refractivity contribution in [2.45, 2.75) is 30.7 Å². The number of esters is 1. The molecule has 1 aliphatic heterocycles. The molecule has 0 spiro atoms. The maximum atomic E-state index is 11.7. The van der Waals surface area contributed by atoms with Crippen LogP contribution in [-0.2, 0) is 28.9 Å². The van der Waals surface area contributed by atoms with Crippen LogP contribution in [0.15, 0.2) is 29.2 Å². The summed E-state index contributed by atoms with van der Waals surface area (Å²) in [6.45, 7) is 0.569. The predicted molar refractivity (Wildman–Crippen MR) is 84.9 cm³/mol.